The van der Waals surface area contributed by atoms with E-state index in [1.165, 1.54) is 24.3 Å². The van der Waals surface area contributed by atoms with Gasteiger partial charge in [-0.1, -0.05) is 89.4 Å². The average molecular weight is 565 g/mol. The zero-order valence-electron chi connectivity index (χ0n) is 19.4. The van der Waals surface area contributed by atoms with Gasteiger partial charge < -0.3 is 4.74 Å². The van der Waals surface area contributed by atoms with E-state index in [0.717, 1.165) is 4.90 Å². The number of hydrogen-bond acceptors (Lipinski definition) is 5. The minimum atomic E-state index is -1.31. The van der Waals surface area contributed by atoms with Crippen molar-refractivity contribution in [2.75, 3.05) is 4.90 Å². The van der Waals surface area contributed by atoms with E-state index in [1.54, 1.807) is 66.7 Å². The van der Waals surface area contributed by atoms with Crippen LogP contribution >= 0.6 is 34.8 Å². The molecule has 0 saturated carbocycles. The van der Waals surface area contributed by atoms with Crippen molar-refractivity contribution >= 4 is 64.1 Å². The highest BCUT2D eigenvalue weighted by atomic mass is 35.5. The first kappa shape index (κ1) is 25.7. The second-order valence-corrected chi connectivity index (χ2v) is 9.59. The summed E-state index contributed by atoms with van der Waals surface area (Å²) in [7, 11) is 0. The maximum absolute atomic E-state index is 13.5. The van der Waals surface area contributed by atoms with Crippen molar-refractivity contribution in [2.24, 2.45) is 0 Å². The SMILES string of the molecule is O=C(O[C@H](C(=O)c1ccccc1)c1ccc(Cl)cc1)c1ccccc1N1C(=O)c2cc(Cl)c(Cl)cc2C1=O. The smallest absolute Gasteiger partial charge is 0.341 e. The van der Waals surface area contributed by atoms with E-state index in [0.29, 0.717) is 16.1 Å². The van der Waals surface area contributed by atoms with Crippen molar-refractivity contribution in [3.8, 4) is 0 Å². The number of halogens is 3. The number of para-hydroxylation sites is 1. The first-order valence-electron chi connectivity index (χ1n) is 11.3. The second-order valence-electron chi connectivity index (χ2n) is 8.34. The van der Waals surface area contributed by atoms with Gasteiger partial charge in [0, 0.05) is 16.1 Å². The van der Waals surface area contributed by atoms with E-state index in [-0.39, 0.29) is 32.4 Å². The van der Waals surface area contributed by atoms with Crippen molar-refractivity contribution in [2.45, 2.75) is 6.10 Å². The maximum atomic E-state index is 13.5. The van der Waals surface area contributed by atoms with Crippen LogP contribution in [0.4, 0.5) is 5.69 Å². The third-order valence-electron chi connectivity index (χ3n) is 5.99. The van der Waals surface area contributed by atoms with Gasteiger partial charge in [-0.2, -0.15) is 0 Å². The molecule has 4 aromatic rings. The Labute approximate surface area is 232 Å². The zero-order chi connectivity index (χ0) is 27.0. The molecule has 0 N–H and O–H groups in total. The number of hydrogen-bond donors (Lipinski definition) is 0. The molecular weight excluding hydrogens is 549 g/mol. The van der Waals surface area contributed by atoms with Gasteiger partial charge >= 0.3 is 5.97 Å². The van der Waals surface area contributed by atoms with Crippen LogP contribution in [0.25, 0.3) is 0 Å². The van der Waals surface area contributed by atoms with E-state index >= 15 is 0 Å². The number of benzene rings is 4. The fraction of sp³-hybridized carbons (Fsp3) is 0.0345. The number of ether oxygens (including phenoxy) is 1. The molecule has 4 aromatic carbocycles. The van der Waals surface area contributed by atoms with E-state index in [1.807, 2.05) is 0 Å². The number of carbonyl (C=O) groups is 4. The van der Waals surface area contributed by atoms with Gasteiger partial charge in [-0.15, -0.1) is 0 Å². The van der Waals surface area contributed by atoms with Crippen molar-refractivity contribution in [1.82, 2.24) is 0 Å². The number of rotatable bonds is 6. The van der Waals surface area contributed by atoms with Gasteiger partial charge in [-0.3, -0.25) is 14.4 Å². The summed E-state index contributed by atoms with van der Waals surface area (Å²) in [5.74, 6) is -2.70. The molecule has 0 aromatic heterocycles. The molecule has 0 bridgehead atoms. The Balaban J connectivity index is 1.52. The fourth-order valence-electron chi connectivity index (χ4n) is 4.13. The fourth-order valence-corrected chi connectivity index (χ4v) is 4.58. The van der Waals surface area contributed by atoms with Crippen molar-refractivity contribution < 1.29 is 23.9 Å². The normalized spacial score (nSPS) is 13.3. The lowest BCUT2D eigenvalue weighted by Gasteiger charge is -2.21. The largest absolute Gasteiger partial charge is 0.445 e. The minimum absolute atomic E-state index is 0.00189. The van der Waals surface area contributed by atoms with E-state index in [4.69, 9.17) is 39.5 Å². The quantitative estimate of drug-likeness (QED) is 0.140. The summed E-state index contributed by atoms with van der Waals surface area (Å²) in [4.78, 5) is 54.2. The van der Waals surface area contributed by atoms with Gasteiger partial charge in [-0.05, 0) is 36.4 Å². The maximum Gasteiger partial charge on any atom is 0.341 e. The van der Waals surface area contributed by atoms with Crippen LogP contribution in [-0.2, 0) is 4.74 Å². The lowest BCUT2D eigenvalue weighted by atomic mass is 9.99. The summed E-state index contributed by atoms with van der Waals surface area (Å²) >= 11 is 18.1. The molecule has 1 aliphatic rings. The number of anilines is 1. The van der Waals surface area contributed by atoms with E-state index in [9.17, 15) is 19.2 Å². The molecule has 6 nitrogen and oxygen atoms in total. The Kier molecular flexibility index (Phi) is 7.04. The predicted octanol–water partition coefficient (Wildman–Crippen LogP) is 7.23. The highest BCUT2D eigenvalue weighted by molar-refractivity contribution is 6.44. The number of amides is 2. The summed E-state index contributed by atoms with van der Waals surface area (Å²) in [6.07, 6.45) is -1.31. The van der Waals surface area contributed by atoms with Gasteiger partial charge in [0.05, 0.1) is 32.4 Å². The Morgan fingerprint density at radius 1 is 0.711 bits per heavy atom. The van der Waals surface area contributed by atoms with Gasteiger partial charge in [0.25, 0.3) is 11.8 Å². The lowest BCUT2D eigenvalue weighted by molar-refractivity contribution is 0.0281. The van der Waals surface area contributed by atoms with Crippen LogP contribution in [0, 0.1) is 0 Å². The van der Waals surface area contributed by atoms with Crippen LogP contribution in [0.3, 0.4) is 0 Å². The molecule has 0 aliphatic carbocycles. The van der Waals surface area contributed by atoms with Crippen molar-refractivity contribution in [3.63, 3.8) is 0 Å². The van der Waals surface area contributed by atoms with Crippen LogP contribution in [0.2, 0.25) is 15.1 Å². The predicted molar refractivity (Wildman–Crippen MR) is 144 cm³/mol. The standard InChI is InChI=1S/C29H16Cl3NO5/c30-18-12-10-17(11-13-18)26(25(34)16-6-2-1-3-7-16)38-29(37)19-8-4-5-9-24(19)33-27(35)20-14-22(31)23(32)15-21(20)28(33)36/h1-15,26H/t26-/m0/s1. The Hall–Kier alpha value is -3.97. The molecule has 2 amide bonds. The molecule has 5 rings (SSSR count). The zero-order valence-corrected chi connectivity index (χ0v) is 21.6. The van der Waals surface area contributed by atoms with Crippen LogP contribution in [0.1, 0.15) is 53.1 Å². The Morgan fingerprint density at radius 3 is 1.87 bits per heavy atom. The third kappa shape index (κ3) is 4.70. The van der Waals surface area contributed by atoms with E-state index in [2.05, 4.69) is 0 Å². The monoisotopic (exact) mass is 563 g/mol. The summed E-state index contributed by atoms with van der Waals surface area (Å²) in [6.45, 7) is 0. The van der Waals surface area contributed by atoms with Gasteiger partial charge in [0.1, 0.15) is 0 Å². The van der Waals surface area contributed by atoms with Crippen LogP contribution in [0.15, 0.2) is 91.0 Å². The van der Waals surface area contributed by atoms with Crippen molar-refractivity contribution in [3.05, 3.63) is 134 Å². The molecule has 0 spiro atoms. The second kappa shape index (κ2) is 10.4. The molecular formula is C29H16Cl3NO5. The lowest BCUT2D eigenvalue weighted by Crippen LogP contribution is -2.31. The average Bonchev–Trinajstić information content (AvgIpc) is 3.16. The molecule has 1 atom stereocenters. The van der Waals surface area contributed by atoms with Crippen LogP contribution in [-0.4, -0.2) is 23.6 Å². The summed E-state index contributed by atoms with van der Waals surface area (Å²) in [5.41, 5.74) is 0.774. The molecule has 0 fully saturated rings. The Bertz CT molecular complexity index is 1560. The highest BCUT2D eigenvalue weighted by Crippen LogP contribution is 2.36. The van der Waals surface area contributed by atoms with Crippen LogP contribution in [0.5, 0.6) is 0 Å². The number of ketones is 1. The van der Waals surface area contributed by atoms with Crippen LogP contribution < -0.4 is 4.90 Å². The molecule has 1 heterocycles. The molecule has 188 valence electrons. The number of esters is 1. The molecule has 9 heteroatoms. The molecule has 0 unspecified atom stereocenters. The minimum Gasteiger partial charge on any atom is -0.445 e. The van der Waals surface area contributed by atoms with E-state index < -0.39 is 29.7 Å². The van der Waals surface area contributed by atoms with Gasteiger partial charge in [-0.25, -0.2) is 9.69 Å². The highest BCUT2D eigenvalue weighted by Gasteiger charge is 2.39. The molecule has 38 heavy (non-hydrogen) atoms. The third-order valence-corrected chi connectivity index (χ3v) is 6.96. The van der Waals surface area contributed by atoms with Gasteiger partial charge in [0.15, 0.2) is 6.10 Å². The van der Waals surface area contributed by atoms with Crippen molar-refractivity contribution in [1.29, 1.82) is 0 Å². The molecule has 1 aliphatic heterocycles. The topological polar surface area (TPSA) is 80.8 Å². The number of fused-ring (bicyclic) bond motifs is 1. The number of imide groups is 1. The summed E-state index contributed by atoms with van der Waals surface area (Å²) in [6, 6.07) is 23.3. The summed E-state index contributed by atoms with van der Waals surface area (Å²) < 4.78 is 5.74. The molecule has 0 saturated heterocycles. The van der Waals surface area contributed by atoms with Gasteiger partial charge in [0.2, 0.25) is 5.78 Å². The summed E-state index contributed by atoms with van der Waals surface area (Å²) in [5, 5.41) is 0.680. The number of carbonyl (C=O) groups excluding carboxylic acids is 4. The first-order chi connectivity index (χ1) is 18.3. The molecule has 0 radical (unpaired) electrons. The Morgan fingerprint density at radius 2 is 1.26 bits per heavy atom. The number of Topliss-reactive ketones (excluding diaryl/α,β-unsaturated/α-hetero) is 1. The first-order valence-corrected chi connectivity index (χ1v) is 12.4. The number of nitrogens with zero attached hydrogens (tertiary/aromatic N) is 1.